The van der Waals surface area contributed by atoms with Crippen molar-refractivity contribution >= 4 is 11.9 Å². The molecule has 6 heteroatoms. The minimum absolute atomic E-state index is 0.0933. The van der Waals surface area contributed by atoms with Crippen LogP contribution < -0.4 is 10.6 Å². The number of rotatable bonds is 6. The summed E-state index contributed by atoms with van der Waals surface area (Å²) in [5.74, 6) is 0.0528. The fourth-order valence-electron chi connectivity index (χ4n) is 4.41. The van der Waals surface area contributed by atoms with Gasteiger partial charge in [0.05, 0.1) is 6.54 Å². The van der Waals surface area contributed by atoms with Gasteiger partial charge < -0.3 is 10.6 Å². The van der Waals surface area contributed by atoms with E-state index in [1.54, 1.807) is 12.4 Å². The number of benzene rings is 1. The number of nitrogens with one attached hydrogen (secondary N) is 2. The number of amides is 3. The van der Waals surface area contributed by atoms with E-state index < -0.39 is 5.54 Å². The first-order chi connectivity index (χ1) is 13.7. The normalized spacial score (nSPS) is 23.1. The molecule has 2 aliphatic heterocycles. The smallest absolute Gasteiger partial charge is 0.323 e. The van der Waals surface area contributed by atoms with E-state index in [0.29, 0.717) is 6.42 Å². The third-order valence-corrected chi connectivity index (χ3v) is 5.95. The molecule has 2 aromatic rings. The lowest BCUT2D eigenvalue weighted by molar-refractivity contribution is -0.134. The van der Waals surface area contributed by atoms with Crippen LogP contribution in [0.1, 0.15) is 30.4 Å². The number of nitrogens with zero attached hydrogens (tertiary/aromatic N) is 2. The molecule has 0 bridgehead atoms. The molecule has 146 valence electrons. The Bertz CT molecular complexity index is 821. The Kier molecular flexibility index (Phi) is 5.39. The molecular weight excluding hydrogens is 352 g/mol. The lowest BCUT2D eigenvalue weighted by Gasteiger charge is -2.38. The predicted octanol–water partition coefficient (Wildman–Crippen LogP) is 2.50. The van der Waals surface area contributed by atoms with E-state index >= 15 is 0 Å². The van der Waals surface area contributed by atoms with Crippen molar-refractivity contribution in [2.45, 2.75) is 37.8 Å². The van der Waals surface area contributed by atoms with Gasteiger partial charge in [-0.2, -0.15) is 0 Å². The molecule has 3 amide bonds. The van der Waals surface area contributed by atoms with Gasteiger partial charge >= 0.3 is 6.03 Å². The molecule has 3 heterocycles. The number of carbonyl (C=O) groups excluding carboxylic acids is 2. The van der Waals surface area contributed by atoms with Crippen LogP contribution in [-0.4, -0.2) is 40.5 Å². The number of pyridine rings is 1. The summed E-state index contributed by atoms with van der Waals surface area (Å²) >= 11 is 0. The van der Waals surface area contributed by atoms with E-state index in [1.807, 2.05) is 30.3 Å². The molecule has 2 fully saturated rings. The van der Waals surface area contributed by atoms with Crippen molar-refractivity contribution in [1.29, 1.82) is 0 Å². The molecule has 0 saturated carbocycles. The summed E-state index contributed by atoms with van der Waals surface area (Å²) in [4.78, 5) is 31.8. The Morgan fingerprint density at radius 1 is 1.04 bits per heavy atom. The fraction of sp³-hybridized carbons (Fsp3) is 0.409. The van der Waals surface area contributed by atoms with Crippen molar-refractivity contribution in [2.75, 3.05) is 13.1 Å². The van der Waals surface area contributed by atoms with Crippen LogP contribution in [0.5, 0.6) is 0 Å². The third kappa shape index (κ3) is 3.64. The van der Waals surface area contributed by atoms with Crippen molar-refractivity contribution < 1.29 is 9.59 Å². The molecule has 0 aliphatic carbocycles. The SMILES string of the molecule is O=C1N[C@@](CCc2ccccc2)(C2CCNCC2)C(=O)N1Cc1cccnc1. The molecular formula is C22H26N4O2. The van der Waals surface area contributed by atoms with E-state index in [0.717, 1.165) is 37.9 Å². The number of piperidine rings is 1. The summed E-state index contributed by atoms with van der Waals surface area (Å²) in [5, 5.41) is 6.48. The standard InChI is InChI=1S/C22H26N4O2/c27-20-22(19-9-13-23-14-10-19,11-8-17-5-2-1-3-6-17)25-21(28)26(20)16-18-7-4-12-24-15-18/h1-7,12,15,19,23H,8-11,13-14,16H2,(H,25,28)/t22-/m0/s1. The van der Waals surface area contributed by atoms with Crippen molar-refractivity contribution in [3.05, 3.63) is 66.0 Å². The van der Waals surface area contributed by atoms with Crippen molar-refractivity contribution in [3.63, 3.8) is 0 Å². The van der Waals surface area contributed by atoms with Gasteiger partial charge in [-0.1, -0.05) is 36.4 Å². The number of hydrogen-bond acceptors (Lipinski definition) is 4. The van der Waals surface area contributed by atoms with Crippen LogP contribution in [-0.2, 0) is 17.8 Å². The number of urea groups is 1. The van der Waals surface area contributed by atoms with Crippen LogP contribution in [0.15, 0.2) is 54.9 Å². The molecule has 1 aromatic carbocycles. The van der Waals surface area contributed by atoms with Crippen LogP contribution in [0.4, 0.5) is 4.79 Å². The second-order valence-electron chi connectivity index (χ2n) is 7.66. The molecule has 1 aromatic heterocycles. The zero-order valence-electron chi connectivity index (χ0n) is 15.9. The quantitative estimate of drug-likeness (QED) is 0.758. The maximum atomic E-state index is 13.6. The first-order valence-electron chi connectivity index (χ1n) is 9.97. The van der Waals surface area contributed by atoms with Gasteiger partial charge in [-0.15, -0.1) is 0 Å². The number of carbonyl (C=O) groups is 2. The second-order valence-corrected chi connectivity index (χ2v) is 7.66. The first kappa shape index (κ1) is 18.6. The summed E-state index contributed by atoms with van der Waals surface area (Å²) in [5.41, 5.74) is 1.22. The molecule has 0 unspecified atom stereocenters. The highest BCUT2D eigenvalue weighted by Crippen LogP contribution is 2.36. The third-order valence-electron chi connectivity index (χ3n) is 5.95. The highest BCUT2D eigenvalue weighted by molar-refractivity contribution is 6.07. The van der Waals surface area contributed by atoms with Gasteiger partial charge in [0.2, 0.25) is 0 Å². The van der Waals surface area contributed by atoms with Gasteiger partial charge in [0.1, 0.15) is 5.54 Å². The molecule has 1 atom stereocenters. The Morgan fingerprint density at radius 3 is 2.50 bits per heavy atom. The van der Waals surface area contributed by atoms with Crippen molar-refractivity contribution in [1.82, 2.24) is 20.5 Å². The average Bonchev–Trinajstić information content (AvgIpc) is 2.99. The Morgan fingerprint density at radius 2 is 1.79 bits per heavy atom. The summed E-state index contributed by atoms with van der Waals surface area (Å²) in [7, 11) is 0. The molecule has 0 radical (unpaired) electrons. The lowest BCUT2D eigenvalue weighted by Crippen LogP contribution is -2.56. The lowest BCUT2D eigenvalue weighted by atomic mass is 9.74. The molecule has 4 rings (SSSR count). The van der Waals surface area contributed by atoms with Crippen LogP contribution in [0.25, 0.3) is 0 Å². The summed E-state index contributed by atoms with van der Waals surface area (Å²) in [6.07, 6.45) is 6.56. The highest BCUT2D eigenvalue weighted by atomic mass is 16.2. The summed E-state index contributed by atoms with van der Waals surface area (Å²) < 4.78 is 0. The molecule has 6 nitrogen and oxygen atoms in total. The number of imide groups is 1. The van der Waals surface area contributed by atoms with E-state index in [-0.39, 0.29) is 24.4 Å². The van der Waals surface area contributed by atoms with Gasteiger partial charge in [-0.05, 0) is 61.9 Å². The maximum Gasteiger partial charge on any atom is 0.325 e. The van der Waals surface area contributed by atoms with Gasteiger partial charge in [0, 0.05) is 12.4 Å². The van der Waals surface area contributed by atoms with Crippen molar-refractivity contribution in [3.8, 4) is 0 Å². The van der Waals surface area contributed by atoms with Crippen LogP contribution in [0.3, 0.4) is 0 Å². The Hall–Kier alpha value is -2.73. The van der Waals surface area contributed by atoms with E-state index in [4.69, 9.17) is 0 Å². The number of hydrogen-bond donors (Lipinski definition) is 2. The van der Waals surface area contributed by atoms with Crippen molar-refractivity contribution in [2.24, 2.45) is 5.92 Å². The zero-order chi connectivity index (χ0) is 19.4. The van der Waals surface area contributed by atoms with Gasteiger partial charge in [-0.3, -0.25) is 14.7 Å². The highest BCUT2D eigenvalue weighted by Gasteiger charge is 2.55. The monoisotopic (exact) mass is 378 g/mol. The van der Waals surface area contributed by atoms with Crippen LogP contribution >= 0.6 is 0 Å². The van der Waals surface area contributed by atoms with E-state index in [9.17, 15) is 9.59 Å². The van der Waals surface area contributed by atoms with Crippen LogP contribution in [0.2, 0.25) is 0 Å². The maximum absolute atomic E-state index is 13.6. The molecule has 0 spiro atoms. The zero-order valence-corrected chi connectivity index (χ0v) is 15.9. The van der Waals surface area contributed by atoms with Gasteiger partial charge in [0.15, 0.2) is 0 Å². The van der Waals surface area contributed by atoms with Gasteiger partial charge in [-0.25, -0.2) is 4.79 Å². The largest absolute Gasteiger partial charge is 0.325 e. The Balaban J connectivity index is 1.59. The first-order valence-corrected chi connectivity index (χ1v) is 9.97. The van der Waals surface area contributed by atoms with Crippen LogP contribution in [0, 0.1) is 5.92 Å². The minimum Gasteiger partial charge on any atom is -0.323 e. The second kappa shape index (κ2) is 8.10. The van der Waals surface area contributed by atoms with E-state index in [2.05, 4.69) is 27.8 Å². The number of aryl methyl sites for hydroxylation is 1. The van der Waals surface area contributed by atoms with E-state index in [1.165, 1.54) is 10.5 Å². The minimum atomic E-state index is -0.822. The summed E-state index contributed by atoms with van der Waals surface area (Å²) in [6, 6.07) is 13.6. The predicted molar refractivity (Wildman–Crippen MR) is 106 cm³/mol. The topological polar surface area (TPSA) is 74.3 Å². The average molecular weight is 378 g/mol. The molecule has 2 aliphatic rings. The molecule has 28 heavy (non-hydrogen) atoms. The van der Waals surface area contributed by atoms with Gasteiger partial charge in [0.25, 0.3) is 5.91 Å². The molecule has 2 saturated heterocycles. The number of aromatic nitrogens is 1. The Labute approximate surface area is 165 Å². The fourth-order valence-corrected chi connectivity index (χ4v) is 4.41. The summed E-state index contributed by atoms with van der Waals surface area (Å²) in [6.45, 7) is 2.02. The molecule has 2 N–H and O–H groups in total.